The highest BCUT2D eigenvalue weighted by Crippen LogP contribution is 2.34. The maximum Gasteiger partial charge on any atom is 0.250 e. The van der Waals surface area contributed by atoms with Crippen molar-refractivity contribution in [3.8, 4) is 17.1 Å². The highest BCUT2D eigenvalue weighted by molar-refractivity contribution is 6.00. The summed E-state index contributed by atoms with van der Waals surface area (Å²) in [7, 11) is 0. The minimum atomic E-state index is -0.433. The quantitative estimate of drug-likeness (QED) is 0.269. The molecule has 0 unspecified atom stereocenters. The maximum absolute atomic E-state index is 13.7. The van der Waals surface area contributed by atoms with Gasteiger partial charge in [-0.2, -0.15) is 0 Å². The summed E-state index contributed by atoms with van der Waals surface area (Å²) in [5.74, 6) is -0.0328. The van der Waals surface area contributed by atoms with Crippen LogP contribution in [0.15, 0.2) is 60.7 Å². The van der Waals surface area contributed by atoms with Crippen LogP contribution in [0.3, 0.4) is 0 Å². The van der Waals surface area contributed by atoms with Gasteiger partial charge in [0.2, 0.25) is 0 Å². The number of primary amides is 1. The Balaban J connectivity index is 1.46. The summed E-state index contributed by atoms with van der Waals surface area (Å²) in [6.45, 7) is 2.06. The van der Waals surface area contributed by atoms with Gasteiger partial charge in [-0.05, 0) is 68.3 Å². The Morgan fingerprint density at radius 2 is 1.92 bits per heavy atom. The van der Waals surface area contributed by atoms with Crippen molar-refractivity contribution < 1.29 is 9.18 Å². The molecule has 4 N–H and O–H groups in total. The highest BCUT2D eigenvalue weighted by atomic mass is 19.1. The van der Waals surface area contributed by atoms with E-state index in [1.54, 1.807) is 6.07 Å². The third-order valence-corrected chi connectivity index (χ3v) is 7.22. The molecule has 182 valence electrons. The molecule has 36 heavy (non-hydrogen) atoms. The van der Waals surface area contributed by atoms with Crippen LogP contribution < -0.4 is 11.1 Å². The molecule has 0 atom stereocenters. The van der Waals surface area contributed by atoms with Gasteiger partial charge in [-0.3, -0.25) is 4.79 Å². The van der Waals surface area contributed by atoms with Crippen LogP contribution in [0.5, 0.6) is 0 Å². The van der Waals surface area contributed by atoms with Gasteiger partial charge in [-0.15, -0.1) is 0 Å². The Morgan fingerprint density at radius 1 is 1.08 bits per heavy atom. The van der Waals surface area contributed by atoms with E-state index in [0.717, 1.165) is 51.9 Å². The molecular weight excluding hydrogens is 453 g/mol. The fourth-order valence-electron chi connectivity index (χ4n) is 5.49. The summed E-state index contributed by atoms with van der Waals surface area (Å²) in [6.07, 6.45) is 5.85. The molecular formula is C29H28FN5O. The predicted octanol–water partition coefficient (Wildman–Crippen LogP) is 6.46. The number of aryl methyl sites for hydroxylation is 1. The number of anilines is 1. The van der Waals surface area contributed by atoms with E-state index in [0.29, 0.717) is 22.9 Å². The summed E-state index contributed by atoms with van der Waals surface area (Å²) >= 11 is 0. The van der Waals surface area contributed by atoms with E-state index >= 15 is 0 Å². The van der Waals surface area contributed by atoms with Crippen LogP contribution in [0.25, 0.3) is 39.0 Å². The first-order valence-electron chi connectivity index (χ1n) is 12.5. The summed E-state index contributed by atoms with van der Waals surface area (Å²) in [6, 6.07) is 18.9. The van der Waals surface area contributed by atoms with Crippen LogP contribution in [0.2, 0.25) is 0 Å². The number of carbonyl (C=O) groups is 1. The van der Waals surface area contributed by atoms with Crippen LogP contribution in [0.1, 0.15) is 48.2 Å². The number of hydrogen-bond donors (Lipinski definition) is 3. The van der Waals surface area contributed by atoms with Gasteiger partial charge in [-0.1, -0.05) is 31.4 Å². The van der Waals surface area contributed by atoms with E-state index in [1.165, 1.54) is 31.4 Å². The zero-order chi connectivity index (χ0) is 24.8. The number of aromatic amines is 1. The number of fused-ring (bicyclic) bond motifs is 2. The fraction of sp³-hybridized carbons (Fsp3) is 0.241. The molecule has 6 nitrogen and oxygen atoms in total. The molecule has 2 heterocycles. The lowest BCUT2D eigenvalue weighted by Crippen LogP contribution is -2.24. The van der Waals surface area contributed by atoms with Crippen LogP contribution >= 0.6 is 0 Å². The average molecular weight is 482 g/mol. The number of hydrogen-bond acceptors (Lipinski definition) is 3. The summed E-state index contributed by atoms with van der Waals surface area (Å²) in [5.41, 5.74) is 12.4. The number of aromatic nitrogens is 3. The largest absolute Gasteiger partial charge is 0.382 e. The molecule has 1 aliphatic carbocycles. The molecule has 1 aliphatic rings. The normalized spacial score (nSPS) is 14.5. The lowest BCUT2D eigenvalue weighted by atomic mass is 9.95. The number of carbonyl (C=O) groups excluding carboxylic acids is 1. The number of nitrogens with zero attached hydrogens (tertiary/aromatic N) is 2. The van der Waals surface area contributed by atoms with E-state index in [2.05, 4.69) is 33.9 Å². The van der Waals surface area contributed by atoms with Gasteiger partial charge in [0.1, 0.15) is 11.6 Å². The summed E-state index contributed by atoms with van der Waals surface area (Å²) < 4.78 is 15.9. The molecule has 7 heteroatoms. The smallest absolute Gasteiger partial charge is 0.250 e. The number of nitrogens with two attached hydrogens (primary N) is 1. The minimum Gasteiger partial charge on any atom is -0.382 e. The van der Waals surface area contributed by atoms with Crippen molar-refractivity contribution in [1.82, 2.24) is 14.5 Å². The number of nitrogens with one attached hydrogen (secondary N) is 2. The zero-order valence-corrected chi connectivity index (χ0v) is 20.1. The summed E-state index contributed by atoms with van der Waals surface area (Å²) in [5, 5.41) is 4.63. The highest BCUT2D eigenvalue weighted by Gasteiger charge is 2.19. The van der Waals surface area contributed by atoms with Gasteiger partial charge in [0.25, 0.3) is 5.91 Å². The first-order valence-corrected chi connectivity index (χ1v) is 12.5. The predicted molar refractivity (Wildman–Crippen MR) is 142 cm³/mol. The molecule has 0 spiro atoms. The van der Waals surface area contributed by atoms with Gasteiger partial charge < -0.3 is 20.6 Å². The van der Waals surface area contributed by atoms with Crippen molar-refractivity contribution in [2.75, 3.05) is 5.32 Å². The van der Waals surface area contributed by atoms with E-state index in [1.807, 2.05) is 30.3 Å². The zero-order valence-electron chi connectivity index (χ0n) is 20.1. The minimum absolute atomic E-state index is 0.296. The second-order valence-corrected chi connectivity index (χ2v) is 9.68. The molecule has 0 aliphatic heterocycles. The third-order valence-electron chi connectivity index (χ3n) is 7.22. The molecule has 1 amide bonds. The SMILES string of the molecule is Cc1cc2c(-c3nc4ccc(F)cc4[nH]3)cccc2n1-c1ccc(C(N)=O)c(NC2CCCCC2)c1. The Labute approximate surface area is 208 Å². The van der Waals surface area contributed by atoms with Crippen LogP contribution in [-0.4, -0.2) is 26.5 Å². The number of rotatable bonds is 5. The first-order chi connectivity index (χ1) is 17.5. The van der Waals surface area contributed by atoms with Crippen LogP contribution in [0.4, 0.5) is 10.1 Å². The lowest BCUT2D eigenvalue weighted by Gasteiger charge is -2.25. The number of benzene rings is 3. The fourth-order valence-corrected chi connectivity index (χ4v) is 5.49. The molecule has 0 radical (unpaired) electrons. The van der Waals surface area contributed by atoms with Gasteiger partial charge in [0.15, 0.2) is 0 Å². The van der Waals surface area contributed by atoms with Crippen molar-refractivity contribution in [3.05, 3.63) is 77.7 Å². The molecule has 3 aromatic carbocycles. The monoisotopic (exact) mass is 481 g/mol. The van der Waals surface area contributed by atoms with Gasteiger partial charge in [0, 0.05) is 34.1 Å². The van der Waals surface area contributed by atoms with Gasteiger partial charge in [-0.25, -0.2) is 9.37 Å². The Morgan fingerprint density at radius 3 is 2.72 bits per heavy atom. The van der Waals surface area contributed by atoms with E-state index in [9.17, 15) is 9.18 Å². The number of H-pyrrole nitrogens is 1. The van der Waals surface area contributed by atoms with E-state index in [4.69, 9.17) is 10.7 Å². The van der Waals surface area contributed by atoms with E-state index < -0.39 is 5.91 Å². The standard InChI is InChI=1S/C29H28FN5O/c1-17-14-23-21(29-33-24-13-10-18(30)15-26(24)34-29)8-5-9-27(23)35(17)20-11-12-22(28(31)36)25(16-20)32-19-6-3-2-4-7-19/h5,8-16,19,32H,2-4,6-7H2,1H3,(H2,31,36)(H,33,34). The Bertz CT molecular complexity index is 1610. The number of amides is 1. The second-order valence-electron chi connectivity index (χ2n) is 9.68. The maximum atomic E-state index is 13.7. The van der Waals surface area contributed by atoms with Gasteiger partial charge >= 0.3 is 0 Å². The molecule has 6 rings (SSSR count). The molecule has 5 aromatic rings. The molecule has 1 saturated carbocycles. The Kier molecular flexibility index (Phi) is 5.48. The lowest BCUT2D eigenvalue weighted by molar-refractivity contribution is 0.100. The molecule has 0 saturated heterocycles. The first kappa shape index (κ1) is 22.3. The van der Waals surface area contributed by atoms with E-state index in [-0.39, 0.29) is 5.82 Å². The van der Waals surface area contributed by atoms with Crippen molar-refractivity contribution >= 4 is 33.5 Å². The second kappa shape index (κ2) is 8.82. The van der Waals surface area contributed by atoms with Gasteiger partial charge in [0.05, 0.1) is 22.1 Å². The van der Waals surface area contributed by atoms with Crippen LogP contribution in [0, 0.1) is 12.7 Å². The molecule has 0 bridgehead atoms. The molecule has 2 aromatic heterocycles. The van der Waals surface area contributed by atoms with Crippen molar-refractivity contribution in [2.24, 2.45) is 5.73 Å². The average Bonchev–Trinajstić information content (AvgIpc) is 3.44. The topological polar surface area (TPSA) is 88.7 Å². The molecule has 1 fully saturated rings. The van der Waals surface area contributed by atoms with Crippen LogP contribution in [-0.2, 0) is 0 Å². The third kappa shape index (κ3) is 3.90. The summed E-state index contributed by atoms with van der Waals surface area (Å²) in [4.78, 5) is 20.1. The number of halogens is 1. The Hall–Kier alpha value is -4.13. The van der Waals surface area contributed by atoms with Crippen molar-refractivity contribution in [3.63, 3.8) is 0 Å². The van der Waals surface area contributed by atoms with Crippen molar-refractivity contribution in [2.45, 2.75) is 45.1 Å². The number of imidazole rings is 1. The van der Waals surface area contributed by atoms with Crippen molar-refractivity contribution in [1.29, 1.82) is 0 Å².